The Morgan fingerprint density at radius 2 is 2.00 bits per heavy atom. The Labute approximate surface area is 145 Å². The molecule has 2 N–H and O–H groups in total. The van der Waals surface area contributed by atoms with E-state index in [2.05, 4.69) is 15.8 Å². The first-order valence-electron chi connectivity index (χ1n) is 8.90. The van der Waals surface area contributed by atoms with E-state index in [-0.39, 0.29) is 12.5 Å². The van der Waals surface area contributed by atoms with Crippen LogP contribution in [-0.2, 0) is 9.59 Å². The second-order valence-electron chi connectivity index (χ2n) is 7.27. The fourth-order valence-electron chi connectivity index (χ4n) is 3.94. The highest BCUT2D eigenvalue weighted by Crippen LogP contribution is 2.44. The number of hydrogen-bond donors (Lipinski definition) is 2. The summed E-state index contributed by atoms with van der Waals surface area (Å²) in [4.78, 5) is 38.9. The highest BCUT2D eigenvalue weighted by Gasteiger charge is 2.51. The normalized spacial score (nSPS) is 22.8. The molecule has 4 rings (SSSR count). The van der Waals surface area contributed by atoms with Crippen LogP contribution in [0.2, 0.25) is 0 Å². The molecule has 3 aliphatic rings. The van der Waals surface area contributed by atoms with Crippen molar-refractivity contribution in [1.82, 2.24) is 15.4 Å². The molecule has 0 aromatic carbocycles. The van der Waals surface area contributed by atoms with Gasteiger partial charge in [-0.05, 0) is 32.6 Å². The summed E-state index contributed by atoms with van der Waals surface area (Å²) in [6.07, 6.45) is 5.97. The van der Waals surface area contributed by atoms with Crippen molar-refractivity contribution in [2.24, 2.45) is 0 Å². The second-order valence-corrected chi connectivity index (χ2v) is 7.27. The van der Waals surface area contributed by atoms with Crippen LogP contribution in [-0.4, -0.2) is 40.0 Å². The zero-order chi connectivity index (χ0) is 17.6. The molecule has 0 atom stereocenters. The third kappa shape index (κ3) is 2.69. The molecule has 25 heavy (non-hydrogen) atoms. The molecule has 1 aromatic heterocycles. The van der Waals surface area contributed by atoms with Gasteiger partial charge in [0.15, 0.2) is 5.76 Å². The molecule has 8 heteroatoms. The lowest BCUT2D eigenvalue weighted by Gasteiger charge is -2.46. The van der Waals surface area contributed by atoms with Crippen molar-refractivity contribution in [3.63, 3.8) is 0 Å². The Morgan fingerprint density at radius 3 is 2.68 bits per heavy atom. The molecule has 2 heterocycles. The smallest absolute Gasteiger partial charge is 0.323 e. The van der Waals surface area contributed by atoms with Crippen LogP contribution in [0, 0.1) is 6.92 Å². The van der Waals surface area contributed by atoms with Gasteiger partial charge >= 0.3 is 6.03 Å². The van der Waals surface area contributed by atoms with Crippen molar-refractivity contribution in [2.75, 3.05) is 11.9 Å². The molecule has 0 radical (unpaired) electrons. The van der Waals surface area contributed by atoms with Gasteiger partial charge in [0.2, 0.25) is 5.91 Å². The zero-order valence-corrected chi connectivity index (χ0v) is 14.3. The third-order valence-corrected chi connectivity index (χ3v) is 5.49. The van der Waals surface area contributed by atoms with Gasteiger partial charge in [0, 0.05) is 5.92 Å². The predicted molar refractivity (Wildman–Crippen MR) is 87.9 cm³/mol. The monoisotopic (exact) mass is 346 g/mol. The van der Waals surface area contributed by atoms with Gasteiger partial charge in [0.25, 0.3) is 5.91 Å². The summed E-state index contributed by atoms with van der Waals surface area (Å²) in [5.41, 5.74) is 0.263. The zero-order valence-electron chi connectivity index (χ0n) is 14.3. The van der Waals surface area contributed by atoms with Crippen molar-refractivity contribution in [3.05, 3.63) is 11.5 Å². The lowest BCUT2D eigenvalue weighted by atomic mass is 9.78. The van der Waals surface area contributed by atoms with E-state index in [4.69, 9.17) is 4.52 Å². The van der Waals surface area contributed by atoms with Crippen LogP contribution < -0.4 is 10.6 Å². The quantitative estimate of drug-likeness (QED) is 0.798. The summed E-state index contributed by atoms with van der Waals surface area (Å²) in [6, 6.07) is -0.432. The maximum absolute atomic E-state index is 13.0. The van der Waals surface area contributed by atoms with Crippen molar-refractivity contribution < 1.29 is 18.9 Å². The molecular weight excluding hydrogens is 324 g/mol. The minimum Gasteiger partial charge on any atom is -0.359 e. The van der Waals surface area contributed by atoms with E-state index in [0.29, 0.717) is 35.9 Å². The van der Waals surface area contributed by atoms with Crippen LogP contribution in [0.1, 0.15) is 62.3 Å². The van der Waals surface area contributed by atoms with Crippen molar-refractivity contribution in [3.8, 4) is 0 Å². The molecule has 2 saturated carbocycles. The van der Waals surface area contributed by atoms with Gasteiger partial charge in [-0.15, -0.1) is 0 Å². The van der Waals surface area contributed by atoms with E-state index in [0.717, 1.165) is 32.1 Å². The number of nitrogens with one attached hydrogen (secondary N) is 2. The van der Waals surface area contributed by atoms with Crippen LogP contribution in [0.4, 0.5) is 10.5 Å². The fraction of sp³-hybridized carbons (Fsp3) is 0.647. The van der Waals surface area contributed by atoms with Gasteiger partial charge < -0.3 is 14.7 Å². The van der Waals surface area contributed by atoms with E-state index in [9.17, 15) is 14.4 Å². The predicted octanol–water partition coefficient (Wildman–Crippen LogP) is 2.05. The highest BCUT2D eigenvalue weighted by atomic mass is 16.5. The number of anilines is 1. The van der Waals surface area contributed by atoms with E-state index in [1.807, 2.05) is 0 Å². The summed E-state index contributed by atoms with van der Waals surface area (Å²) in [7, 11) is 0. The van der Waals surface area contributed by atoms with Gasteiger partial charge in [-0.2, -0.15) is 0 Å². The number of hydrogen-bond acceptors (Lipinski definition) is 5. The molecule has 0 bridgehead atoms. The average molecular weight is 346 g/mol. The summed E-state index contributed by atoms with van der Waals surface area (Å²) in [6.45, 7) is 1.66. The Morgan fingerprint density at radius 1 is 1.28 bits per heavy atom. The number of urea groups is 1. The van der Waals surface area contributed by atoms with Gasteiger partial charge in [0.05, 0.1) is 0 Å². The second kappa shape index (κ2) is 5.86. The minimum atomic E-state index is -0.930. The van der Waals surface area contributed by atoms with Crippen molar-refractivity contribution in [2.45, 2.75) is 63.3 Å². The van der Waals surface area contributed by atoms with Crippen molar-refractivity contribution >= 4 is 23.5 Å². The summed E-state index contributed by atoms with van der Waals surface area (Å²) < 4.78 is 5.36. The van der Waals surface area contributed by atoms with Crippen LogP contribution in [0.5, 0.6) is 0 Å². The largest absolute Gasteiger partial charge is 0.359 e. The Bertz CT molecular complexity index is 731. The molecular formula is C17H22N4O4. The number of rotatable bonds is 2. The van der Waals surface area contributed by atoms with E-state index in [1.165, 1.54) is 4.90 Å². The number of carbonyl (C=O) groups is 3. The SMILES string of the molecule is Cc1noc(C2CC2)c1NC(=O)N1CC(=O)NC(=O)C12CCCCC2. The van der Waals surface area contributed by atoms with Crippen LogP contribution >= 0.6 is 0 Å². The summed E-state index contributed by atoms with van der Waals surface area (Å²) in [5, 5.41) is 9.22. The molecule has 134 valence electrons. The molecule has 8 nitrogen and oxygen atoms in total. The number of imide groups is 1. The van der Waals surface area contributed by atoms with Crippen molar-refractivity contribution in [1.29, 1.82) is 0 Å². The molecule has 1 aromatic rings. The maximum atomic E-state index is 13.0. The summed E-state index contributed by atoms with van der Waals surface area (Å²) in [5.74, 6) is 0.187. The van der Waals surface area contributed by atoms with E-state index in [1.54, 1.807) is 6.92 Å². The number of aryl methyl sites for hydroxylation is 1. The van der Waals surface area contributed by atoms with Crippen LogP contribution in [0.15, 0.2) is 4.52 Å². The van der Waals surface area contributed by atoms with E-state index >= 15 is 0 Å². The number of nitrogens with zero attached hydrogens (tertiary/aromatic N) is 2. The van der Waals surface area contributed by atoms with Gasteiger partial charge in [0.1, 0.15) is 23.5 Å². The standard InChI is InChI=1S/C17H22N4O4/c1-10-13(14(25-20-10)11-5-6-11)19-16(24)21-9-12(22)18-15(23)17(21)7-3-2-4-8-17/h11H,2-9H2,1H3,(H,19,24)(H,18,22,23). The molecule has 4 amide bonds. The molecule has 1 spiro atoms. The van der Waals surface area contributed by atoms with Crippen LogP contribution in [0.25, 0.3) is 0 Å². The molecule has 0 unspecified atom stereocenters. The maximum Gasteiger partial charge on any atom is 0.323 e. The van der Waals surface area contributed by atoms with Gasteiger partial charge in [-0.3, -0.25) is 14.9 Å². The number of carbonyl (C=O) groups excluding carboxylic acids is 3. The van der Waals surface area contributed by atoms with Gasteiger partial charge in [-0.25, -0.2) is 4.79 Å². The first-order valence-corrected chi connectivity index (χ1v) is 8.90. The number of amides is 4. The Hall–Kier alpha value is -2.38. The number of aromatic nitrogens is 1. The summed E-state index contributed by atoms with van der Waals surface area (Å²) >= 11 is 0. The molecule has 3 fully saturated rings. The fourth-order valence-corrected chi connectivity index (χ4v) is 3.94. The first kappa shape index (κ1) is 16.1. The average Bonchev–Trinajstić information content (AvgIpc) is 3.37. The molecule has 1 aliphatic heterocycles. The Kier molecular flexibility index (Phi) is 3.77. The lowest BCUT2D eigenvalue weighted by molar-refractivity contribution is -0.146. The topological polar surface area (TPSA) is 105 Å². The lowest BCUT2D eigenvalue weighted by Crippen LogP contribution is -2.69. The molecule has 1 saturated heterocycles. The molecule has 2 aliphatic carbocycles. The number of piperazine rings is 1. The van der Waals surface area contributed by atoms with Gasteiger partial charge in [-0.1, -0.05) is 24.4 Å². The third-order valence-electron chi connectivity index (χ3n) is 5.49. The first-order chi connectivity index (χ1) is 12.0. The minimum absolute atomic E-state index is 0.110. The van der Waals surface area contributed by atoms with Crippen LogP contribution in [0.3, 0.4) is 0 Å². The Balaban J connectivity index is 1.62. The van der Waals surface area contributed by atoms with E-state index < -0.39 is 17.5 Å². The highest BCUT2D eigenvalue weighted by molar-refractivity contribution is 6.08.